The highest BCUT2D eigenvalue weighted by atomic mass is 32.1. The first-order valence-corrected chi connectivity index (χ1v) is 9.28. The molecule has 0 saturated heterocycles. The average molecular weight is 363 g/mol. The molecule has 0 N–H and O–H groups in total. The minimum Gasteiger partial charge on any atom is -0.267 e. The third-order valence-electron chi connectivity index (χ3n) is 3.68. The van der Waals surface area contributed by atoms with E-state index in [4.69, 9.17) is 0 Å². The number of aryl methyl sites for hydroxylation is 1. The van der Waals surface area contributed by atoms with Crippen LogP contribution in [0.25, 0.3) is 17.3 Å². The molecule has 3 aromatic rings. The third kappa shape index (κ3) is 3.32. The summed E-state index contributed by atoms with van der Waals surface area (Å²) in [5.74, 6) is 0. The summed E-state index contributed by atoms with van der Waals surface area (Å²) in [5, 5.41) is 20.5. The molecule has 0 aliphatic rings. The molecule has 0 radical (unpaired) electrons. The van der Waals surface area contributed by atoms with Gasteiger partial charge in [-0.2, -0.15) is 10.5 Å². The fourth-order valence-electron chi connectivity index (χ4n) is 2.39. The number of thiophene rings is 1. The van der Waals surface area contributed by atoms with Crippen LogP contribution in [0.4, 0.5) is 0 Å². The molecule has 0 unspecified atom stereocenters. The Morgan fingerprint density at radius 2 is 1.92 bits per heavy atom. The summed E-state index contributed by atoms with van der Waals surface area (Å²) in [4.78, 5) is 13.9. The molecule has 0 spiro atoms. The van der Waals surface area contributed by atoms with E-state index in [0.29, 0.717) is 14.9 Å². The monoisotopic (exact) mass is 363 g/mol. The fourth-order valence-corrected chi connectivity index (χ4v) is 4.17. The van der Waals surface area contributed by atoms with E-state index < -0.39 is 0 Å². The summed E-state index contributed by atoms with van der Waals surface area (Å²) >= 11 is 2.69. The van der Waals surface area contributed by atoms with Crippen molar-refractivity contribution < 1.29 is 0 Å². The van der Waals surface area contributed by atoms with Crippen LogP contribution < -0.4 is 14.8 Å². The van der Waals surface area contributed by atoms with Crippen LogP contribution in [0.5, 0.6) is 0 Å². The first-order valence-electron chi connectivity index (χ1n) is 7.58. The van der Waals surface area contributed by atoms with Gasteiger partial charge in [-0.05, 0) is 41.6 Å². The van der Waals surface area contributed by atoms with Gasteiger partial charge in [-0.3, -0.25) is 9.36 Å². The van der Waals surface area contributed by atoms with E-state index in [2.05, 4.69) is 6.92 Å². The topological polar surface area (TPSA) is 69.6 Å². The molecule has 0 amide bonds. The van der Waals surface area contributed by atoms with Crippen molar-refractivity contribution >= 4 is 34.3 Å². The van der Waals surface area contributed by atoms with E-state index in [0.717, 1.165) is 16.9 Å². The molecule has 122 valence electrons. The SMILES string of the molecule is CCc1ccc(-n2c(=C(C#N)C#N)s/c(=C/c3cccs3)c2=O)cc1. The van der Waals surface area contributed by atoms with Gasteiger partial charge in [0.1, 0.15) is 16.8 Å². The minimum absolute atomic E-state index is 0.0625. The smallest absolute Gasteiger partial charge is 0.267 e. The van der Waals surface area contributed by atoms with Gasteiger partial charge in [0.05, 0.1) is 10.2 Å². The Bertz CT molecular complexity index is 1140. The summed E-state index contributed by atoms with van der Waals surface area (Å²) in [6.07, 6.45) is 2.70. The zero-order valence-corrected chi connectivity index (χ0v) is 15.0. The van der Waals surface area contributed by atoms with Crippen molar-refractivity contribution in [2.75, 3.05) is 0 Å². The third-order valence-corrected chi connectivity index (χ3v) is 5.59. The second-order valence-corrected chi connectivity index (χ2v) is 7.20. The van der Waals surface area contributed by atoms with Crippen molar-refractivity contribution in [2.45, 2.75) is 13.3 Å². The van der Waals surface area contributed by atoms with Crippen LogP contribution in [-0.2, 0) is 6.42 Å². The van der Waals surface area contributed by atoms with E-state index in [1.807, 2.05) is 53.9 Å². The van der Waals surface area contributed by atoms with Crippen molar-refractivity contribution in [2.24, 2.45) is 0 Å². The van der Waals surface area contributed by atoms with E-state index in [-0.39, 0.29) is 11.1 Å². The lowest BCUT2D eigenvalue weighted by atomic mass is 10.1. The Hall–Kier alpha value is -2.93. The first-order chi connectivity index (χ1) is 12.2. The number of nitriles is 2. The zero-order chi connectivity index (χ0) is 17.8. The lowest BCUT2D eigenvalue weighted by Gasteiger charge is -2.03. The van der Waals surface area contributed by atoms with E-state index in [1.165, 1.54) is 27.2 Å². The lowest BCUT2D eigenvalue weighted by molar-refractivity contribution is 0.983. The van der Waals surface area contributed by atoms with E-state index in [1.54, 1.807) is 6.08 Å². The Morgan fingerprint density at radius 3 is 2.48 bits per heavy atom. The molecule has 0 aliphatic heterocycles. The first kappa shape index (κ1) is 16.9. The van der Waals surface area contributed by atoms with Gasteiger partial charge < -0.3 is 0 Å². The van der Waals surface area contributed by atoms with Gasteiger partial charge >= 0.3 is 0 Å². The molecular weight excluding hydrogens is 350 g/mol. The molecule has 2 heterocycles. The lowest BCUT2D eigenvalue weighted by Crippen LogP contribution is -2.30. The van der Waals surface area contributed by atoms with E-state index >= 15 is 0 Å². The molecule has 3 rings (SSSR count). The van der Waals surface area contributed by atoms with Crippen LogP contribution in [0.2, 0.25) is 0 Å². The van der Waals surface area contributed by atoms with E-state index in [9.17, 15) is 15.3 Å². The van der Waals surface area contributed by atoms with Gasteiger partial charge in [0.15, 0.2) is 5.57 Å². The molecule has 6 heteroatoms. The normalized spacial score (nSPS) is 11.1. The number of rotatable bonds is 3. The average Bonchev–Trinajstić information content (AvgIpc) is 3.26. The summed E-state index contributed by atoms with van der Waals surface area (Å²) in [5.41, 5.74) is 1.53. The zero-order valence-electron chi connectivity index (χ0n) is 13.4. The summed E-state index contributed by atoms with van der Waals surface area (Å²) in [7, 11) is 0. The van der Waals surface area contributed by atoms with Crippen LogP contribution in [0, 0.1) is 22.7 Å². The number of hydrogen-bond acceptors (Lipinski definition) is 5. The Morgan fingerprint density at radius 1 is 1.20 bits per heavy atom. The second-order valence-electron chi connectivity index (χ2n) is 5.19. The maximum Gasteiger partial charge on any atom is 0.273 e. The van der Waals surface area contributed by atoms with Crippen LogP contribution in [-0.4, -0.2) is 4.57 Å². The Labute approximate surface area is 152 Å². The predicted octanol–water partition coefficient (Wildman–Crippen LogP) is 2.55. The number of thiazole rings is 1. The standard InChI is InChI=1S/C19H13N3OS2/c1-2-13-5-7-15(8-6-13)22-18(23)17(10-16-4-3-9-24-16)25-19(22)14(11-20)12-21/h3-10H,2H2,1H3/b17-10+. The second kappa shape index (κ2) is 7.31. The molecule has 0 bridgehead atoms. The number of aromatic nitrogens is 1. The van der Waals surface area contributed by atoms with Gasteiger partial charge in [0.25, 0.3) is 5.56 Å². The molecule has 0 aliphatic carbocycles. The van der Waals surface area contributed by atoms with Crippen molar-refractivity contribution in [3.05, 3.63) is 71.8 Å². The molecule has 2 aromatic heterocycles. The van der Waals surface area contributed by atoms with Crippen LogP contribution in [0.1, 0.15) is 17.4 Å². The maximum atomic E-state index is 12.9. The quantitative estimate of drug-likeness (QED) is 0.718. The molecule has 0 atom stereocenters. The van der Waals surface area contributed by atoms with Gasteiger partial charge in [-0.15, -0.1) is 22.7 Å². The molecule has 4 nitrogen and oxygen atoms in total. The van der Waals surface area contributed by atoms with Crippen molar-refractivity contribution in [1.82, 2.24) is 4.57 Å². The predicted molar refractivity (Wildman–Crippen MR) is 101 cm³/mol. The van der Waals surface area contributed by atoms with Crippen LogP contribution in [0.3, 0.4) is 0 Å². The summed E-state index contributed by atoms with van der Waals surface area (Å²) in [6.45, 7) is 2.06. The Kier molecular flexibility index (Phi) is 4.95. The molecule has 1 aromatic carbocycles. The van der Waals surface area contributed by atoms with Gasteiger partial charge in [-0.25, -0.2) is 0 Å². The molecular formula is C19H13N3OS2. The number of hydrogen-bond donors (Lipinski definition) is 0. The highest BCUT2D eigenvalue weighted by molar-refractivity contribution is 7.11. The highest BCUT2D eigenvalue weighted by Gasteiger charge is 2.11. The largest absolute Gasteiger partial charge is 0.273 e. The fraction of sp³-hybridized carbons (Fsp3) is 0.105. The van der Waals surface area contributed by atoms with Gasteiger partial charge in [0, 0.05) is 4.88 Å². The number of benzene rings is 1. The highest BCUT2D eigenvalue weighted by Crippen LogP contribution is 2.10. The molecule has 25 heavy (non-hydrogen) atoms. The Balaban J connectivity index is 2.36. The molecule has 0 fully saturated rings. The summed E-state index contributed by atoms with van der Waals surface area (Å²) < 4.78 is 2.31. The van der Waals surface area contributed by atoms with Crippen LogP contribution >= 0.6 is 22.7 Å². The van der Waals surface area contributed by atoms with Crippen molar-refractivity contribution in [3.8, 4) is 17.8 Å². The minimum atomic E-state index is -0.222. The number of nitrogens with zero attached hydrogens (tertiary/aromatic N) is 3. The van der Waals surface area contributed by atoms with Crippen LogP contribution in [0.15, 0.2) is 46.6 Å². The van der Waals surface area contributed by atoms with Crippen molar-refractivity contribution in [1.29, 1.82) is 10.5 Å². The maximum absolute atomic E-state index is 12.9. The summed E-state index contributed by atoms with van der Waals surface area (Å²) in [6, 6.07) is 15.2. The van der Waals surface area contributed by atoms with Gasteiger partial charge in [0.2, 0.25) is 0 Å². The molecule has 0 saturated carbocycles. The van der Waals surface area contributed by atoms with Gasteiger partial charge in [-0.1, -0.05) is 25.1 Å². The van der Waals surface area contributed by atoms with Crippen molar-refractivity contribution in [3.63, 3.8) is 0 Å².